The molecule has 0 aromatic rings. The Morgan fingerprint density at radius 3 is 2.07 bits per heavy atom. The standard InChI is InChI=1S/C8H19NO5S/c1-2-7(9)3-4-8(5-10,6-11)15(12,13)14/h7,10-11H,2-6,9H2,1H3,(H,12,13,14). The Labute approximate surface area is 89.9 Å². The van der Waals surface area contributed by atoms with E-state index in [2.05, 4.69) is 0 Å². The van der Waals surface area contributed by atoms with Crippen molar-refractivity contribution in [3.05, 3.63) is 0 Å². The van der Waals surface area contributed by atoms with Crippen LogP contribution in [-0.2, 0) is 10.1 Å². The Morgan fingerprint density at radius 1 is 1.33 bits per heavy atom. The predicted molar refractivity (Wildman–Crippen MR) is 56.0 cm³/mol. The molecule has 1 atom stereocenters. The Kier molecular flexibility index (Phi) is 5.68. The highest BCUT2D eigenvalue weighted by Gasteiger charge is 2.41. The molecule has 7 heteroatoms. The zero-order valence-corrected chi connectivity index (χ0v) is 9.57. The molecule has 0 saturated heterocycles. The fourth-order valence-corrected chi connectivity index (χ4v) is 1.85. The van der Waals surface area contributed by atoms with E-state index in [1.807, 2.05) is 6.92 Å². The molecule has 0 bridgehead atoms. The van der Waals surface area contributed by atoms with Crippen LogP contribution in [0, 0.1) is 0 Å². The Bertz CT molecular complexity index is 273. The largest absolute Gasteiger partial charge is 0.395 e. The minimum absolute atomic E-state index is 0.0617. The highest BCUT2D eigenvalue weighted by atomic mass is 32.2. The van der Waals surface area contributed by atoms with Crippen molar-refractivity contribution in [3.8, 4) is 0 Å². The summed E-state index contributed by atoms with van der Waals surface area (Å²) in [6.07, 6.45) is 0.920. The fourth-order valence-electron chi connectivity index (χ4n) is 1.15. The van der Waals surface area contributed by atoms with Gasteiger partial charge in [-0.05, 0) is 19.3 Å². The molecule has 0 aliphatic carbocycles. The second kappa shape index (κ2) is 5.76. The summed E-state index contributed by atoms with van der Waals surface area (Å²) in [5, 5.41) is 17.9. The van der Waals surface area contributed by atoms with Crippen molar-refractivity contribution in [2.75, 3.05) is 13.2 Å². The quantitative estimate of drug-likeness (QED) is 0.429. The van der Waals surface area contributed by atoms with Gasteiger partial charge in [0.2, 0.25) is 0 Å². The maximum atomic E-state index is 11.0. The molecule has 92 valence electrons. The van der Waals surface area contributed by atoms with E-state index in [1.165, 1.54) is 0 Å². The molecule has 0 aliphatic rings. The normalized spacial score (nSPS) is 15.3. The second-order valence-electron chi connectivity index (χ2n) is 3.68. The molecule has 0 saturated carbocycles. The molecule has 0 amide bonds. The van der Waals surface area contributed by atoms with Crippen LogP contribution in [0.25, 0.3) is 0 Å². The topological polar surface area (TPSA) is 121 Å². The van der Waals surface area contributed by atoms with Gasteiger partial charge in [0.15, 0.2) is 0 Å². The number of aliphatic hydroxyl groups is 2. The lowest BCUT2D eigenvalue weighted by atomic mass is 9.99. The number of rotatable bonds is 7. The van der Waals surface area contributed by atoms with E-state index < -0.39 is 28.1 Å². The molecular weight excluding hydrogens is 222 g/mol. The lowest BCUT2D eigenvalue weighted by molar-refractivity contribution is 0.150. The fraction of sp³-hybridized carbons (Fsp3) is 1.00. The van der Waals surface area contributed by atoms with Gasteiger partial charge >= 0.3 is 0 Å². The zero-order valence-electron chi connectivity index (χ0n) is 8.76. The van der Waals surface area contributed by atoms with Gasteiger partial charge < -0.3 is 15.9 Å². The highest BCUT2D eigenvalue weighted by molar-refractivity contribution is 7.87. The molecule has 1 unspecified atom stereocenters. The summed E-state index contributed by atoms with van der Waals surface area (Å²) in [4.78, 5) is 0. The third-order valence-electron chi connectivity index (χ3n) is 2.62. The number of aliphatic hydroxyl groups excluding tert-OH is 2. The zero-order chi connectivity index (χ0) is 12.1. The average molecular weight is 241 g/mol. The van der Waals surface area contributed by atoms with Crippen molar-refractivity contribution in [1.29, 1.82) is 0 Å². The number of hydrogen-bond acceptors (Lipinski definition) is 5. The minimum atomic E-state index is -4.49. The number of nitrogens with two attached hydrogens (primary N) is 1. The first-order valence-corrected chi connectivity index (χ1v) is 6.21. The van der Waals surface area contributed by atoms with E-state index in [4.69, 9.17) is 20.5 Å². The van der Waals surface area contributed by atoms with E-state index in [-0.39, 0.29) is 12.5 Å². The van der Waals surface area contributed by atoms with Crippen molar-refractivity contribution >= 4 is 10.1 Å². The summed E-state index contributed by atoms with van der Waals surface area (Å²) >= 11 is 0. The van der Waals surface area contributed by atoms with E-state index in [0.717, 1.165) is 0 Å². The van der Waals surface area contributed by atoms with Crippen molar-refractivity contribution in [2.24, 2.45) is 5.73 Å². The van der Waals surface area contributed by atoms with Gasteiger partial charge in [-0.25, -0.2) is 0 Å². The molecule has 0 aromatic heterocycles. The molecule has 0 fully saturated rings. The van der Waals surface area contributed by atoms with E-state index in [9.17, 15) is 8.42 Å². The van der Waals surface area contributed by atoms with E-state index >= 15 is 0 Å². The first-order valence-electron chi connectivity index (χ1n) is 4.77. The maximum Gasteiger partial charge on any atom is 0.275 e. The smallest absolute Gasteiger partial charge is 0.275 e. The van der Waals surface area contributed by atoms with Gasteiger partial charge in [0.25, 0.3) is 10.1 Å². The first kappa shape index (κ1) is 14.8. The Balaban J connectivity index is 4.68. The molecule has 0 aliphatic heterocycles. The predicted octanol–water partition coefficient (Wildman–Crippen LogP) is -0.885. The van der Waals surface area contributed by atoms with Crippen molar-refractivity contribution < 1.29 is 23.2 Å². The molecule has 0 rings (SSSR count). The maximum absolute atomic E-state index is 11.0. The van der Waals surface area contributed by atoms with Crippen molar-refractivity contribution in [1.82, 2.24) is 0 Å². The van der Waals surface area contributed by atoms with Crippen LogP contribution in [0.1, 0.15) is 26.2 Å². The van der Waals surface area contributed by atoms with Crippen molar-refractivity contribution in [2.45, 2.75) is 37.0 Å². The molecule has 0 heterocycles. The van der Waals surface area contributed by atoms with Gasteiger partial charge in [0, 0.05) is 6.04 Å². The molecule has 6 nitrogen and oxygen atoms in total. The van der Waals surface area contributed by atoms with Gasteiger partial charge in [-0.3, -0.25) is 4.55 Å². The van der Waals surface area contributed by atoms with Crippen LogP contribution in [0.4, 0.5) is 0 Å². The van der Waals surface area contributed by atoms with Gasteiger partial charge in [-0.15, -0.1) is 0 Å². The van der Waals surface area contributed by atoms with Crippen LogP contribution in [0.3, 0.4) is 0 Å². The summed E-state index contributed by atoms with van der Waals surface area (Å²) in [5.41, 5.74) is 5.59. The van der Waals surface area contributed by atoms with Gasteiger partial charge in [0.05, 0.1) is 13.2 Å². The summed E-state index contributed by atoms with van der Waals surface area (Å²) in [7, 11) is -4.49. The summed E-state index contributed by atoms with van der Waals surface area (Å²) < 4.78 is 29.1. The summed E-state index contributed by atoms with van der Waals surface area (Å²) in [5.74, 6) is 0. The van der Waals surface area contributed by atoms with E-state index in [1.54, 1.807) is 0 Å². The van der Waals surface area contributed by atoms with Crippen LogP contribution in [0.15, 0.2) is 0 Å². The third kappa shape index (κ3) is 3.69. The molecular formula is C8H19NO5S. The van der Waals surface area contributed by atoms with Crippen LogP contribution < -0.4 is 5.73 Å². The minimum Gasteiger partial charge on any atom is -0.395 e. The molecule has 15 heavy (non-hydrogen) atoms. The highest BCUT2D eigenvalue weighted by Crippen LogP contribution is 2.23. The van der Waals surface area contributed by atoms with Crippen molar-refractivity contribution in [3.63, 3.8) is 0 Å². The Hall–Kier alpha value is -0.210. The third-order valence-corrected chi connectivity index (χ3v) is 4.18. The summed E-state index contributed by atoms with van der Waals surface area (Å²) in [6, 6.07) is -0.204. The average Bonchev–Trinajstić information content (AvgIpc) is 2.17. The summed E-state index contributed by atoms with van der Waals surface area (Å²) in [6.45, 7) is 0.204. The Morgan fingerprint density at radius 2 is 1.80 bits per heavy atom. The van der Waals surface area contributed by atoms with Gasteiger partial charge in [-0.2, -0.15) is 8.42 Å². The van der Waals surface area contributed by atoms with Crippen LogP contribution in [-0.4, -0.2) is 47.2 Å². The second-order valence-corrected chi connectivity index (χ2v) is 5.50. The SMILES string of the molecule is CCC(N)CCC(CO)(CO)S(=O)(=O)O. The molecule has 0 spiro atoms. The number of hydrogen-bond donors (Lipinski definition) is 4. The lowest BCUT2D eigenvalue weighted by Crippen LogP contribution is -2.46. The van der Waals surface area contributed by atoms with Gasteiger partial charge in [-0.1, -0.05) is 6.92 Å². The van der Waals surface area contributed by atoms with Gasteiger partial charge in [0.1, 0.15) is 4.75 Å². The van der Waals surface area contributed by atoms with Crippen LogP contribution in [0.2, 0.25) is 0 Å². The molecule has 0 aromatic carbocycles. The molecule has 5 N–H and O–H groups in total. The monoisotopic (exact) mass is 241 g/mol. The van der Waals surface area contributed by atoms with E-state index in [0.29, 0.717) is 12.8 Å². The van der Waals surface area contributed by atoms with Crippen LogP contribution >= 0.6 is 0 Å². The lowest BCUT2D eigenvalue weighted by Gasteiger charge is -2.27. The van der Waals surface area contributed by atoms with Crippen LogP contribution in [0.5, 0.6) is 0 Å². The first-order chi connectivity index (χ1) is 6.83. The molecule has 0 radical (unpaired) electrons.